The summed E-state index contributed by atoms with van der Waals surface area (Å²) in [4.78, 5) is 17.4. The van der Waals surface area contributed by atoms with Crippen LogP contribution in [0.3, 0.4) is 0 Å². The monoisotopic (exact) mass is 375 g/mol. The topological polar surface area (TPSA) is 89.9 Å². The van der Waals surface area contributed by atoms with Gasteiger partial charge in [0.15, 0.2) is 0 Å². The van der Waals surface area contributed by atoms with Gasteiger partial charge in [-0.3, -0.25) is 4.79 Å². The first-order valence-electron chi connectivity index (χ1n) is 7.61. The van der Waals surface area contributed by atoms with E-state index in [1.165, 1.54) is 0 Å². The number of imidazole rings is 1. The zero-order chi connectivity index (χ0) is 16.8. The van der Waals surface area contributed by atoms with Gasteiger partial charge in [0.1, 0.15) is 5.82 Å². The van der Waals surface area contributed by atoms with E-state index < -0.39 is 5.97 Å². The zero-order valence-electron chi connectivity index (χ0n) is 13.6. The number of halogens is 2. The highest BCUT2D eigenvalue weighted by Gasteiger charge is 2.11. The fourth-order valence-electron chi connectivity index (χ4n) is 2.63. The summed E-state index contributed by atoms with van der Waals surface area (Å²) in [6, 6.07) is 6.12. The molecule has 0 bridgehead atoms. The van der Waals surface area contributed by atoms with E-state index in [0.717, 1.165) is 35.6 Å². The zero-order valence-corrected chi connectivity index (χ0v) is 15.1. The Morgan fingerprint density at radius 2 is 1.96 bits per heavy atom. The first-order valence-corrected chi connectivity index (χ1v) is 8.67. The lowest BCUT2D eigenvalue weighted by Gasteiger charge is -2.22. The molecule has 8 heteroatoms. The highest BCUT2D eigenvalue weighted by Crippen LogP contribution is 2.23. The number of hydrogen-bond acceptors (Lipinski definition) is 3. The molecule has 134 valence electrons. The Balaban J connectivity index is 0.00000288. The third-order valence-electron chi connectivity index (χ3n) is 3.82. The first kappa shape index (κ1) is 20.5. The van der Waals surface area contributed by atoms with Crippen LogP contribution in [0.4, 0.5) is 5.69 Å². The smallest absolute Gasteiger partial charge is 0.303 e. The number of alkyl halides is 2. The summed E-state index contributed by atoms with van der Waals surface area (Å²) in [5.74, 6) is 1.21. The van der Waals surface area contributed by atoms with Crippen LogP contribution >= 0.6 is 23.2 Å². The van der Waals surface area contributed by atoms with Gasteiger partial charge in [0.25, 0.3) is 0 Å². The van der Waals surface area contributed by atoms with Crippen molar-refractivity contribution in [1.82, 2.24) is 9.55 Å². The minimum atomic E-state index is -0.774. The molecule has 1 aromatic carbocycles. The van der Waals surface area contributed by atoms with Gasteiger partial charge >= 0.3 is 5.97 Å². The van der Waals surface area contributed by atoms with Crippen LogP contribution in [-0.4, -0.2) is 51.0 Å². The average Bonchev–Trinajstić information content (AvgIpc) is 2.83. The molecule has 0 aliphatic carbocycles. The Morgan fingerprint density at radius 1 is 1.29 bits per heavy atom. The maximum atomic E-state index is 10.6. The van der Waals surface area contributed by atoms with Gasteiger partial charge in [-0.25, -0.2) is 4.98 Å². The number of aromatic nitrogens is 2. The number of carbonyl (C=O) groups is 1. The van der Waals surface area contributed by atoms with Crippen molar-refractivity contribution in [3.8, 4) is 0 Å². The minimum absolute atomic E-state index is 0. The predicted molar refractivity (Wildman–Crippen MR) is 98.6 cm³/mol. The SMILES string of the molecule is Cn1c(CCCC(=O)O)nc2cc(N(CCCl)CCCl)ccc21.O. The van der Waals surface area contributed by atoms with Gasteiger partial charge in [0, 0.05) is 50.4 Å². The second-order valence-corrected chi connectivity index (χ2v) is 6.13. The van der Waals surface area contributed by atoms with Crippen molar-refractivity contribution in [3.05, 3.63) is 24.0 Å². The molecule has 0 saturated carbocycles. The van der Waals surface area contributed by atoms with Crippen LogP contribution in [0.15, 0.2) is 18.2 Å². The Bertz CT molecular complexity index is 670. The Kier molecular flexibility index (Phi) is 8.31. The molecular weight excluding hydrogens is 353 g/mol. The van der Waals surface area contributed by atoms with Crippen LogP contribution < -0.4 is 4.90 Å². The molecule has 0 spiro atoms. The van der Waals surface area contributed by atoms with E-state index in [2.05, 4.69) is 9.88 Å². The van der Waals surface area contributed by atoms with E-state index in [4.69, 9.17) is 28.3 Å². The Morgan fingerprint density at radius 3 is 2.54 bits per heavy atom. The van der Waals surface area contributed by atoms with Crippen molar-refractivity contribution in [1.29, 1.82) is 0 Å². The molecule has 0 radical (unpaired) electrons. The van der Waals surface area contributed by atoms with E-state index in [-0.39, 0.29) is 11.9 Å². The van der Waals surface area contributed by atoms with Gasteiger partial charge in [-0.15, -0.1) is 23.2 Å². The summed E-state index contributed by atoms with van der Waals surface area (Å²) in [5.41, 5.74) is 2.99. The third kappa shape index (κ3) is 5.00. The molecule has 0 fully saturated rings. The molecule has 0 unspecified atom stereocenters. The average molecular weight is 376 g/mol. The standard InChI is InChI=1S/C16H21Cl2N3O2.H2O/c1-20-14-6-5-12(21(9-7-17)10-8-18)11-13(14)19-15(20)3-2-4-16(22)23;/h5-6,11H,2-4,7-10H2,1H3,(H,22,23);1H2. The van der Waals surface area contributed by atoms with Gasteiger partial charge in [0.2, 0.25) is 0 Å². The quantitative estimate of drug-likeness (QED) is 0.681. The largest absolute Gasteiger partial charge is 0.481 e. The summed E-state index contributed by atoms with van der Waals surface area (Å²) >= 11 is 11.7. The highest BCUT2D eigenvalue weighted by atomic mass is 35.5. The first-order chi connectivity index (χ1) is 11.1. The van der Waals surface area contributed by atoms with Crippen LogP contribution in [-0.2, 0) is 18.3 Å². The van der Waals surface area contributed by atoms with Crippen molar-refractivity contribution in [2.24, 2.45) is 7.05 Å². The summed E-state index contributed by atoms with van der Waals surface area (Å²) in [6.07, 6.45) is 1.40. The number of benzene rings is 1. The van der Waals surface area contributed by atoms with Crippen LogP contribution in [0.2, 0.25) is 0 Å². The van der Waals surface area contributed by atoms with Crippen LogP contribution in [0.1, 0.15) is 18.7 Å². The molecule has 0 aliphatic heterocycles. The Labute approximate surface area is 151 Å². The molecule has 0 amide bonds. The summed E-state index contributed by atoms with van der Waals surface area (Å²) in [6.45, 7) is 1.47. The maximum absolute atomic E-state index is 10.6. The Hall–Kier alpha value is -1.50. The van der Waals surface area contributed by atoms with Crippen LogP contribution in [0.25, 0.3) is 11.0 Å². The number of rotatable bonds is 9. The number of hydrogen-bond donors (Lipinski definition) is 1. The normalized spacial score (nSPS) is 10.6. The van der Waals surface area contributed by atoms with Crippen LogP contribution in [0.5, 0.6) is 0 Å². The summed E-state index contributed by atoms with van der Waals surface area (Å²) in [5, 5.41) is 8.74. The molecule has 2 aromatic rings. The molecule has 6 nitrogen and oxygen atoms in total. The highest BCUT2D eigenvalue weighted by molar-refractivity contribution is 6.18. The molecule has 3 N–H and O–H groups in total. The molecular formula is C16H23Cl2N3O3. The fraction of sp³-hybridized carbons (Fsp3) is 0.500. The van der Waals surface area contributed by atoms with Crippen molar-refractivity contribution in [3.63, 3.8) is 0 Å². The maximum Gasteiger partial charge on any atom is 0.303 e. The van der Waals surface area contributed by atoms with E-state index in [0.29, 0.717) is 24.6 Å². The number of aryl methyl sites for hydroxylation is 2. The molecule has 2 rings (SSSR count). The van der Waals surface area contributed by atoms with Gasteiger partial charge in [-0.2, -0.15) is 0 Å². The van der Waals surface area contributed by atoms with Crippen molar-refractivity contribution in [2.45, 2.75) is 19.3 Å². The molecule has 1 aromatic heterocycles. The molecule has 0 aliphatic rings. The predicted octanol–water partition coefficient (Wildman–Crippen LogP) is 2.44. The van der Waals surface area contributed by atoms with Crippen LogP contribution in [0, 0.1) is 0 Å². The lowest BCUT2D eigenvalue weighted by molar-refractivity contribution is -0.137. The fourth-order valence-corrected chi connectivity index (χ4v) is 3.04. The lowest BCUT2D eigenvalue weighted by atomic mass is 10.2. The number of carboxylic acids is 1. The number of aliphatic carboxylic acids is 1. The van der Waals surface area contributed by atoms with Gasteiger partial charge < -0.3 is 20.0 Å². The van der Waals surface area contributed by atoms with E-state index in [1.54, 1.807) is 0 Å². The summed E-state index contributed by atoms with van der Waals surface area (Å²) in [7, 11) is 1.96. The summed E-state index contributed by atoms with van der Waals surface area (Å²) < 4.78 is 2.02. The number of anilines is 1. The van der Waals surface area contributed by atoms with Gasteiger partial charge in [-0.05, 0) is 24.6 Å². The molecule has 0 atom stereocenters. The number of carboxylic acid groups (broad SMARTS) is 1. The van der Waals surface area contributed by atoms with E-state index in [1.807, 2.05) is 29.8 Å². The lowest BCUT2D eigenvalue weighted by Crippen LogP contribution is -2.27. The van der Waals surface area contributed by atoms with Gasteiger partial charge in [0.05, 0.1) is 11.0 Å². The van der Waals surface area contributed by atoms with E-state index in [9.17, 15) is 4.79 Å². The molecule has 1 heterocycles. The third-order valence-corrected chi connectivity index (χ3v) is 4.16. The number of fused-ring (bicyclic) bond motifs is 1. The second kappa shape index (κ2) is 9.71. The number of nitrogens with zero attached hydrogens (tertiary/aromatic N) is 3. The second-order valence-electron chi connectivity index (χ2n) is 5.37. The minimum Gasteiger partial charge on any atom is -0.481 e. The van der Waals surface area contributed by atoms with Crippen molar-refractivity contribution < 1.29 is 15.4 Å². The van der Waals surface area contributed by atoms with Gasteiger partial charge in [-0.1, -0.05) is 0 Å². The van der Waals surface area contributed by atoms with E-state index >= 15 is 0 Å². The molecule has 0 saturated heterocycles. The molecule has 24 heavy (non-hydrogen) atoms. The van der Waals surface area contributed by atoms with Crippen molar-refractivity contribution in [2.75, 3.05) is 29.7 Å². The van der Waals surface area contributed by atoms with Crippen molar-refractivity contribution >= 4 is 45.9 Å².